The maximum Gasteiger partial charge on any atom is 0.181 e. The molecule has 0 radical (unpaired) electrons. The summed E-state index contributed by atoms with van der Waals surface area (Å²) in [6.07, 6.45) is 2.12. The average Bonchev–Trinajstić information content (AvgIpc) is 3.02. The first-order valence-corrected chi connectivity index (χ1v) is 7.58. The molecule has 1 aromatic carbocycles. The van der Waals surface area contributed by atoms with Gasteiger partial charge in [-0.05, 0) is 12.5 Å². The van der Waals surface area contributed by atoms with E-state index in [0.29, 0.717) is 35.9 Å². The molecule has 0 saturated carbocycles. The highest BCUT2D eigenvalue weighted by Gasteiger charge is 2.11. The topological polar surface area (TPSA) is 98.9 Å². The molecule has 0 amide bonds. The lowest BCUT2D eigenvalue weighted by molar-refractivity contribution is 0.278. The molecule has 7 nitrogen and oxygen atoms in total. The van der Waals surface area contributed by atoms with Crippen LogP contribution in [-0.2, 0) is 6.61 Å². The number of unbranched alkanes of at least 4 members (excludes halogenated alkanes) is 1. The van der Waals surface area contributed by atoms with Crippen molar-refractivity contribution in [1.29, 1.82) is 0 Å². The fraction of sp³-hybridized carbons (Fsp3) is 0.312. The van der Waals surface area contributed by atoms with Crippen LogP contribution < -0.4 is 15.2 Å². The Morgan fingerprint density at radius 1 is 1.17 bits per heavy atom. The van der Waals surface area contributed by atoms with Gasteiger partial charge in [-0.3, -0.25) is 0 Å². The molecule has 0 aliphatic carbocycles. The van der Waals surface area contributed by atoms with E-state index in [0.717, 1.165) is 24.2 Å². The lowest BCUT2D eigenvalue weighted by Gasteiger charge is -2.12. The Balaban J connectivity index is 1.76. The molecule has 0 fully saturated rings. The molecular formula is C16H19N5O2. The zero-order valence-electron chi connectivity index (χ0n) is 13.0. The van der Waals surface area contributed by atoms with Crippen LogP contribution in [0.1, 0.15) is 25.3 Å². The van der Waals surface area contributed by atoms with Gasteiger partial charge in [0.05, 0.1) is 6.61 Å². The van der Waals surface area contributed by atoms with E-state index in [9.17, 15) is 0 Å². The van der Waals surface area contributed by atoms with Gasteiger partial charge in [-0.1, -0.05) is 36.8 Å². The predicted molar refractivity (Wildman–Crippen MR) is 87.3 cm³/mol. The average molecular weight is 313 g/mol. The minimum absolute atomic E-state index is 0.353. The molecule has 0 spiro atoms. The number of pyridine rings is 1. The van der Waals surface area contributed by atoms with Gasteiger partial charge in [-0.25, -0.2) is 10.1 Å². The van der Waals surface area contributed by atoms with Crippen molar-refractivity contribution in [2.45, 2.75) is 26.4 Å². The normalized spacial score (nSPS) is 10.8. The van der Waals surface area contributed by atoms with E-state index >= 15 is 0 Å². The van der Waals surface area contributed by atoms with Crippen molar-refractivity contribution >= 4 is 17.0 Å². The fourth-order valence-corrected chi connectivity index (χ4v) is 2.19. The van der Waals surface area contributed by atoms with Crippen LogP contribution >= 0.6 is 0 Å². The predicted octanol–water partition coefficient (Wildman–Crippen LogP) is 2.69. The minimum Gasteiger partial charge on any atom is -0.493 e. The van der Waals surface area contributed by atoms with E-state index in [1.54, 1.807) is 6.07 Å². The zero-order valence-corrected chi connectivity index (χ0v) is 13.0. The number of hydrogen-bond donors (Lipinski definition) is 2. The maximum absolute atomic E-state index is 5.87. The third-order valence-corrected chi connectivity index (χ3v) is 3.39. The first kappa shape index (κ1) is 15.1. The molecular weight excluding hydrogens is 294 g/mol. The highest BCUT2D eigenvalue weighted by Crippen LogP contribution is 2.26. The summed E-state index contributed by atoms with van der Waals surface area (Å²) in [6.45, 7) is 3.19. The van der Waals surface area contributed by atoms with E-state index in [2.05, 4.69) is 27.3 Å². The van der Waals surface area contributed by atoms with Gasteiger partial charge in [0.2, 0.25) is 0 Å². The van der Waals surface area contributed by atoms with Crippen molar-refractivity contribution < 1.29 is 9.47 Å². The molecule has 0 unspecified atom stereocenters. The summed E-state index contributed by atoms with van der Waals surface area (Å²) in [5, 5.41) is 10.4. The lowest BCUT2D eigenvalue weighted by Crippen LogP contribution is -2.03. The summed E-state index contributed by atoms with van der Waals surface area (Å²) < 4.78 is 11.7. The number of rotatable bonds is 7. The third-order valence-electron chi connectivity index (χ3n) is 3.39. The van der Waals surface area contributed by atoms with Crippen LogP contribution in [0.4, 0.5) is 5.82 Å². The van der Waals surface area contributed by atoms with Crippen LogP contribution in [0, 0.1) is 0 Å². The number of ether oxygens (including phenoxy) is 2. The number of nitrogen functional groups attached to an aromatic ring is 1. The number of H-pyrrole nitrogens is 1. The first-order chi connectivity index (χ1) is 11.3. The molecule has 0 aliphatic heterocycles. The molecule has 2 aromatic heterocycles. The molecule has 120 valence electrons. The molecule has 2 heterocycles. The molecule has 0 atom stereocenters. The Morgan fingerprint density at radius 3 is 2.91 bits per heavy atom. The number of nitrogens with two attached hydrogens (primary N) is 1. The van der Waals surface area contributed by atoms with Crippen LogP contribution in [0.5, 0.6) is 11.5 Å². The smallest absolute Gasteiger partial charge is 0.181 e. The second-order valence-corrected chi connectivity index (χ2v) is 5.15. The SMILES string of the molecule is CCCCOc1ccccc1COc1cc(N)nc2[nH]nnc12. The zero-order chi connectivity index (χ0) is 16.1. The molecule has 0 aliphatic rings. The number of anilines is 1. The van der Waals surface area contributed by atoms with Crippen LogP contribution in [0.25, 0.3) is 11.2 Å². The molecule has 7 heteroatoms. The largest absolute Gasteiger partial charge is 0.493 e. The highest BCUT2D eigenvalue weighted by molar-refractivity contribution is 5.78. The Hall–Kier alpha value is -2.83. The van der Waals surface area contributed by atoms with E-state index in [-0.39, 0.29) is 0 Å². The van der Waals surface area contributed by atoms with E-state index < -0.39 is 0 Å². The molecule has 0 bridgehead atoms. The van der Waals surface area contributed by atoms with Crippen LogP contribution in [-0.4, -0.2) is 27.0 Å². The number of para-hydroxylation sites is 1. The second-order valence-electron chi connectivity index (χ2n) is 5.15. The summed E-state index contributed by atoms with van der Waals surface area (Å²) in [6, 6.07) is 9.47. The quantitative estimate of drug-likeness (QED) is 0.651. The van der Waals surface area contributed by atoms with Crippen molar-refractivity contribution in [3.05, 3.63) is 35.9 Å². The van der Waals surface area contributed by atoms with Crippen molar-refractivity contribution in [3.8, 4) is 11.5 Å². The standard InChI is InChI=1S/C16H19N5O2/c1-2-3-8-22-12-7-5-4-6-11(12)10-23-13-9-14(17)18-16-15(13)19-21-20-16/h4-7,9H,2-3,8,10H2,1H3,(H3,17,18,19,20,21). The summed E-state index contributed by atoms with van der Waals surface area (Å²) >= 11 is 0. The summed E-state index contributed by atoms with van der Waals surface area (Å²) in [4.78, 5) is 4.11. The summed E-state index contributed by atoms with van der Waals surface area (Å²) in [5.74, 6) is 1.73. The van der Waals surface area contributed by atoms with Gasteiger partial charge in [0.15, 0.2) is 16.9 Å². The van der Waals surface area contributed by atoms with Crippen LogP contribution in [0.3, 0.4) is 0 Å². The summed E-state index contributed by atoms with van der Waals surface area (Å²) in [5.41, 5.74) is 7.81. The Kier molecular flexibility index (Phi) is 4.56. The summed E-state index contributed by atoms with van der Waals surface area (Å²) in [7, 11) is 0. The third kappa shape index (κ3) is 3.50. The van der Waals surface area contributed by atoms with E-state index in [1.165, 1.54) is 0 Å². The number of nitrogens with one attached hydrogen (secondary N) is 1. The molecule has 3 rings (SSSR count). The molecule has 0 saturated heterocycles. The lowest BCUT2D eigenvalue weighted by atomic mass is 10.2. The van der Waals surface area contributed by atoms with E-state index in [1.807, 2.05) is 24.3 Å². The number of fused-ring (bicyclic) bond motifs is 1. The van der Waals surface area contributed by atoms with Crippen molar-refractivity contribution in [3.63, 3.8) is 0 Å². The number of aromatic amines is 1. The van der Waals surface area contributed by atoms with Crippen molar-refractivity contribution in [1.82, 2.24) is 20.4 Å². The minimum atomic E-state index is 0.353. The van der Waals surface area contributed by atoms with Gasteiger partial charge >= 0.3 is 0 Å². The van der Waals surface area contributed by atoms with Gasteiger partial charge in [0, 0.05) is 11.6 Å². The van der Waals surface area contributed by atoms with Crippen LogP contribution in [0.15, 0.2) is 30.3 Å². The van der Waals surface area contributed by atoms with Crippen molar-refractivity contribution in [2.24, 2.45) is 0 Å². The highest BCUT2D eigenvalue weighted by atomic mass is 16.5. The second kappa shape index (κ2) is 6.95. The van der Waals surface area contributed by atoms with Crippen molar-refractivity contribution in [2.75, 3.05) is 12.3 Å². The Morgan fingerprint density at radius 2 is 2.04 bits per heavy atom. The monoisotopic (exact) mass is 313 g/mol. The maximum atomic E-state index is 5.87. The van der Waals surface area contributed by atoms with E-state index in [4.69, 9.17) is 15.2 Å². The number of aromatic nitrogens is 4. The van der Waals surface area contributed by atoms with Gasteiger partial charge in [0.25, 0.3) is 0 Å². The molecule has 23 heavy (non-hydrogen) atoms. The first-order valence-electron chi connectivity index (χ1n) is 7.58. The number of benzene rings is 1. The van der Waals surface area contributed by atoms with Gasteiger partial charge < -0.3 is 15.2 Å². The molecule has 3 N–H and O–H groups in total. The van der Waals surface area contributed by atoms with Gasteiger partial charge in [0.1, 0.15) is 18.2 Å². The fourth-order valence-electron chi connectivity index (χ4n) is 2.19. The number of hydrogen-bond acceptors (Lipinski definition) is 6. The molecule has 3 aromatic rings. The van der Waals surface area contributed by atoms with Gasteiger partial charge in [-0.2, -0.15) is 0 Å². The Bertz CT molecular complexity index is 787. The van der Waals surface area contributed by atoms with Crippen LogP contribution in [0.2, 0.25) is 0 Å². The number of nitrogens with zero attached hydrogens (tertiary/aromatic N) is 3. The Labute approximate surface area is 133 Å². The van der Waals surface area contributed by atoms with Gasteiger partial charge in [-0.15, -0.1) is 5.10 Å².